The van der Waals surface area contributed by atoms with Gasteiger partial charge in [-0.25, -0.2) is 0 Å². The second kappa shape index (κ2) is 6.53. The van der Waals surface area contributed by atoms with E-state index < -0.39 is 18.4 Å². The van der Waals surface area contributed by atoms with Gasteiger partial charge < -0.3 is 15.8 Å². The molecule has 1 aromatic rings. The third kappa shape index (κ3) is 4.77. The zero-order valence-electron chi connectivity index (χ0n) is 9.36. The van der Waals surface area contributed by atoms with Crippen molar-refractivity contribution in [1.82, 2.24) is 5.32 Å². The lowest BCUT2D eigenvalue weighted by atomic mass is 10.1. The zero-order chi connectivity index (χ0) is 13.5. The van der Waals surface area contributed by atoms with Gasteiger partial charge in [-0.1, -0.05) is 12.1 Å². The zero-order valence-corrected chi connectivity index (χ0v) is 9.36. The van der Waals surface area contributed by atoms with E-state index in [1.165, 1.54) is 12.1 Å². The van der Waals surface area contributed by atoms with E-state index in [1.54, 1.807) is 12.1 Å². The fourth-order valence-corrected chi connectivity index (χ4v) is 1.25. The molecule has 0 saturated heterocycles. The van der Waals surface area contributed by atoms with Gasteiger partial charge in [0.05, 0.1) is 0 Å². The largest absolute Gasteiger partial charge is 0.435 e. The molecule has 0 bridgehead atoms. The molecule has 0 aromatic heterocycles. The van der Waals surface area contributed by atoms with Crippen molar-refractivity contribution in [3.63, 3.8) is 0 Å². The van der Waals surface area contributed by atoms with Gasteiger partial charge in [0.2, 0.25) is 0 Å². The minimum Gasteiger partial charge on any atom is -0.435 e. The van der Waals surface area contributed by atoms with Crippen molar-refractivity contribution in [3.8, 4) is 5.75 Å². The second-order valence-corrected chi connectivity index (χ2v) is 3.39. The Morgan fingerprint density at radius 3 is 2.39 bits per heavy atom. The monoisotopic (exact) mass is 258 g/mol. The molecule has 1 aromatic carbocycles. The Morgan fingerprint density at radius 2 is 1.89 bits per heavy atom. The van der Waals surface area contributed by atoms with Crippen LogP contribution in [0, 0.1) is 0 Å². The normalized spacial score (nSPS) is 10.2. The SMILES string of the molecule is NC(=O)C(=O)NCCc1ccc(OC(F)F)cc1. The van der Waals surface area contributed by atoms with E-state index in [0.717, 1.165) is 5.56 Å². The summed E-state index contributed by atoms with van der Waals surface area (Å²) in [5.41, 5.74) is 5.55. The first kappa shape index (κ1) is 13.9. The number of ether oxygens (including phenoxy) is 1. The predicted octanol–water partition coefficient (Wildman–Crippen LogP) is 0.432. The van der Waals surface area contributed by atoms with E-state index in [9.17, 15) is 18.4 Å². The third-order valence-electron chi connectivity index (χ3n) is 2.07. The number of nitrogens with one attached hydrogen (secondary N) is 1. The van der Waals surface area contributed by atoms with E-state index in [4.69, 9.17) is 5.73 Å². The third-order valence-corrected chi connectivity index (χ3v) is 2.07. The van der Waals surface area contributed by atoms with Gasteiger partial charge in [-0.15, -0.1) is 0 Å². The molecule has 0 spiro atoms. The predicted molar refractivity (Wildman–Crippen MR) is 59.0 cm³/mol. The molecule has 0 heterocycles. The van der Waals surface area contributed by atoms with Crippen molar-refractivity contribution >= 4 is 11.8 Å². The molecule has 3 N–H and O–H groups in total. The van der Waals surface area contributed by atoms with Gasteiger partial charge in [0.25, 0.3) is 0 Å². The molecule has 98 valence electrons. The molecule has 2 amide bonds. The maximum absolute atomic E-state index is 11.9. The summed E-state index contributed by atoms with van der Waals surface area (Å²) in [4.78, 5) is 21.2. The lowest BCUT2D eigenvalue weighted by Gasteiger charge is -2.06. The highest BCUT2D eigenvalue weighted by Gasteiger charge is 2.07. The Kier molecular flexibility index (Phi) is 5.04. The topological polar surface area (TPSA) is 81.4 Å². The highest BCUT2D eigenvalue weighted by atomic mass is 19.3. The second-order valence-electron chi connectivity index (χ2n) is 3.39. The van der Waals surface area contributed by atoms with Gasteiger partial charge in [0.1, 0.15) is 5.75 Å². The van der Waals surface area contributed by atoms with E-state index in [0.29, 0.717) is 6.42 Å². The number of nitrogens with two attached hydrogens (primary N) is 1. The average Bonchev–Trinajstić information content (AvgIpc) is 2.30. The van der Waals surface area contributed by atoms with Crippen LogP contribution in [0.5, 0.6) is 5.75 Å². The Morgan fingerprint density at radius 1 is 1.28 bits per heavy atom. The summed E-state index contributed by atoms with van der Waals surface area (Å²) in [6.45, 7) is -2.62. The van der Waals surface area contributed by atoms with Crippen LogP contribution in [0.15, 0.2) is 24.3 Å². The number of hydrogen-bond acceptors (Lipinski definition) is 3. The minimum atomic E-state index is -2.86. The average molecular weight is 258 g/mol. The summed E-state index contributed by atoms with van der Waals surface area (Å²) in [6.07, 6.45) is 0.452. The number of benzene rings is 1. The highest BCUT2D eigenvalue weighted by Crippen LogP contribution is 2.14. The van der Waals surface area contributed by atoms with Gasteiger partial charge >= 0.3 is 18.4 Å². The van der Waals surface area contributed by atoms with Crippen LogP contribution in [0.25, 0.3) is 0 Å². The van der Waals surface area contributed by atoms with Gasteiger partial charge in [-0.2, -0.15) is 8.78 Å². The summed E-state index contributed by atoms with van der Waals surface area (Å²) in [5.74, 6) is -1.83. The van der Waals surface area contributed by atoms with Crippen LogP contribution in [0.4, 0.5) is 8.78 Å². The van der Waals surface area contributed by atoms with Crippen LogP contribution in [-0.4, -0.2) is 25.0 Å². The molecular weight excluding hydrogens is 246 g/mol. The minimum absolute atomic E-state index is 0.0647. The maximum Gasteiger partial charge on any atom is 0.387 e. The summed E-state index contributed by atoms with van der Waals surface area (Å²) in [5, 5.41) is 2.31. The van der Waals surface area contributed by atoms with Crippen LogP contribution in [0.2, 0.25) is 0 Å². The van der Waals surface area contributed by atoms with E-state index >= 15 is 0 Å². The number of alkyl halides is 2. The van der Waals surface area contributed by atoms with Crippen LogP contribution in [-0.2, 0) is 16.0 Å². The summed E-state index contributed by atoms with van der Waals surface area (Å²) >= 11 is 0. The van der Waals surface area contributed by atoms with Gasteiger partial charge in [-0.05, 0) is 24.1 Å². The Hall–Kier alpha value is -2.18. The first-order chi connectivity index (χ1) is 8.49. The van der Waals surface area contributed by atoms with Crippen molar-refractivity contribution in [3.05, 3.63) is 29.8 Å². The number of hydrogen-bond donors (Lipinski definition) is 2. The summed E-state index contributed by atoms with van der Waals surface area (Å²) in [7, 11) is 0. The summed E-state index contributed by atoms with van der Waals surface area (Å²) < 4.78 is 27.9. The number of carbonyl (C=O) groups excluding carboxylic acids is 2. The molecule has 0 aliphatic rings. The van der Waals surface area contributed by atoms with E-state index in [1.807, 2.05) is 0 Å². The van der Waals surface area contributed by atoms with Crippen LogP contribution in [0.1, 0.15) is 5.56 Å². The van der Waals surface area contributed by atoms with Crippen molar-refractivity contribution in [1.29, 1.82) is 0 Å². The molecule has 0 aliphatic heterocycles. The Balaban J connectivity index is 2.39. The molecule has 1 rings (SSSR count). The first-order valence-electron chi connectivity index (χ1n) is 5.10. The van der Waals surface area contributed by atoms with Gasteiger partial charge in [-0.3, -0.25) is 9.59 Å². The number of primary amides is 1. The number of amides is 2. The van der Waals surface area contributed by atoms with Crippen LogP contribution < -0.4 is 15.8 Å². The smallest absolute Gasteiger partial charge is 0.387 e. The van der Waals surface area contributed by atoms with E-state index in [2.05, 4.69) is 10.1 Å². The van der Waals surface area contributed by atoms with Gasteiger partial charge in [0.15, 0.2) is 0 Å². The molecule has 0 atom stereocenters. The molecular formula is C11H12F2N2O3. The number of rotatable bonds is 5. The molecule has 5 nitrogen and oxygen atoms in total. The van der Waals surface area contributed by atoms with E-state index in [-0.39, 0.29) is 12.3 Å². The number of halogens is 2. The molecule has 0 saturated carbocycles. The van der Waals surface area contributed by atoms with Crippen molar-refractivity contribution in [2.45, 2.75) is 13.0 Å². The van der Waals surface area contributed by atoms with Crippen LogP contribution in [0.3, 0.4) is 0 Å². The lowest BCUT2D eigenvalue weighted by Crippen LogP contribution is -2.37. The van der Waals surface area contributed by atoms with Crippen LogP contribution >= 0.6 is 0 Å². The highest BCUT2D eigenvalue weighted by molar-refractivity contribution is 6.34. The molecule has 7 heteroatoms. The Bertz CT molecular complexity index is 421. The summed E-state index contributed by atoms with van der Waals surface area (Å²) in [6, 6.07) is 5.98. The van der Waals surface area contributed by atoms with Crippen molar-refractivity contribution in [2.75, 3.05) is 6.54 Å². The quantitative estimate of drug-likeness (QED) is 0.751. The first-order valence-corrected chi connectivity index (χ1v) is 5.10. The number of carbonyl (C=O) groups is 2. The van der Waals surface area contributed by atoms with Gasteiger partial charge in [0, 0.05) is 6.54 Å². The molecule has 18 heavy (non-hydrogen) atoms. The fraction of sp³-hybridized carbons (Fsp3) is 0.273. The molecule has 0 unspecified atom stereocenters. The standard InChI is InChI=1S/C11H12F2N2O3/c12-11(13)18-8-3-1-7(2-4-8)5-6-15-10(17)9(14)16/h1-4,11H,5-6H2,(H2,14,16)(H,15,17). The lowest BCUT2D eigenvalue weighted by molar-refractivity contribution is -0.137. The van der Waals surface area contributed by atoms with Crippen molar-refractivity contribution < 1.29 is 23.1 Å². The molecule has 0 aliphatic carbocycles. The maximum atomic E-state index is 11.9. The fourth-order valence-electron chi connectivity index (χ4n) is 1.25. The van der Waals surface area contributed by atoms with Crippen molar-refractivity contribution in [2.24, 2.45) is 5.73 Å². The molecule has 0 fully saturated rings. The Labute approximate surface area is 102 Å². The molecule has 0 radical (unpaired) electrons.